The Hall–Kier alpha value is -4.06. The summed E-state index contributed by atoms with van der Waals surface area (Å²) in [6, 6.07) is 24.3. The Morgan fingerprint density at radius 1 is 0.824 bits per heavy atom. The third kappa shape index (κ3) is 4.39. The molecule has 0 fully saturated rings. The number of nitrogens with zero attached hydrogens (tertiary/aromatic N) is 2. The molecule has 0 atom stereocenters. The summed E-state index contributed by atoms with van der Waals surface area (Å²) >= 11 is 0. The first-order chi connectivity index (χ1) is 16.6. The molecule has 0 aromatic heterocycles. The van der Waals surface area contributed by atoms with Gasteiger partial charge in [-0.3, -0.25) is 9.59 Å². The summed E-state index contributed by atoms with van der Waals surface area (Å²) in [5, 5.41) is 0. The van der Waals surface area contributed by atoms with E-state index in [1.807, 2.05) is 79.4 Å². The maximum Gasteiger partial charge on any atom is 0.282 e. The summed E-state index contributed by atoms with van der Waals surface area (Å²) in [5.41, 5.74) is 2.90. The fourth-order valence-electron chi connectivity index (χ4n) is 4.14. The second kappa shape index (κ2) is 10.3. The lowest BCUT2D eigenvalue weighted by Gasteiger charge is -2.25. The maximum absolute atomic E-state index is 13.9. The summed E-state index contributed by atoms with van der Waals surface area (Å²) in [7, 11) is 1.53. The Morgan fingerprint density at radius 2 is 1.50 bits per heavy atom. The van der Waals surface area contributed by atoms with Crippen molar-refractivity contribution in [2.45, 2.75) is 20.4 Å². The van der Waals surface area contributed by atoms with Gasteiger partial charge in [0.2, 0.25) is 0 Å². The van der Waals surface area contributed by atoms with E-state index in [-0.39, 0.29) is 11.8 Å². The van der Waals surface area contributed by atoms with Crippen LogP contribution in [0.2, 0.25) is 0 Å². The number of imide groups is 1. The molecule has 1 aliphatic heterocycles. The van der Waals surface area contributed by atoms with Gasteiger partial charge >= 0.3 is 0 Å². The van der Waals surface area contributed by atoms with Crippen molar-refractivity contribution in [2.75, 3.05) is 25.2 Å². The highest BCUT2D eigenvalue weighted by Crippen LogP contribution is 2.39. The van der Waals surface area contributed by atoms with Gasteiger partial charge in [0.1, 0.15) is 17.2 Å². The van der Waals surface area contributed by atoms with E-state index in [1.54, 1.807) is 18.2 Å². The lowest BCUT2D eigenvalue weighted by atomic mass is 10.0. The van der Waals surface area contributed by atoms with Gasteiger partial charge in [0.15, 0.2) is 0 Å². The van der Waals surface area contributed by atoms with E-state index in [1.165, 1.54) is 12.0 Å². The predicted octanol–water partition coefficient (Wildman–Crippen LogP) is 4.90. The van der Waals surface area contributed by atoms with Crippen LogP contribution >= 0.6 is 0 Å². The number of amides is 2. The van der Waals surface area contributed by atoms with E-state index in [9.17, 15) is 9.59 Å². The zero-order valence-electron chi connectivity index (χ0n) is 19.7. The van der Waals surface area contributed by atoms with Gasteiger partial charge in [0, 0.05) is 13.1 Å². The van der Waals surface area contributed by atoms with Crippen LogP contribution in [0.15, 0.2) is 84.6 Å². The molecule has 3 aromatic rings. The number of hydrogen-bond acceptors (Lipinski definition) is 5. The van der Waals surface area contributed by atoms with Gasteiger partial charge in [-0.05, 0) is 49.2 Å². The largest absolute Gasteiger partial charge is 0.495 e. The number of likely N-dealkylation sites (N-methyl/N-ethyl adjacent to an activating group) is 1. The molecule has 174 valence electrons. The second-order valence-corrected chi connectivity index (χ2v) is 7.80. The lowest BCUT2D eigenvalue weighted by Crippen LogP contribution is -2.35. The molecule has 6 nitrogen and oxygen atoms in total. The predicted molar refractivity (Wildman–Crippen MR) is 133 cm³/mol. The van der Waals surface area contributed by atoms with Crippen LogP contribution in [0, 0.1) is 0 Å². The molecular formula is C28H28N2O4. The zero-order chi connectivity index (χ0) is 24.1. The molecule has 0 unspecified atom stereocenters. The fraction of sp³-hybridized carbons (Fsp3) is 0.214. The average molecular weight is 457 g/mol. The highest BCUT2D eigenvalue weighted by Gasteiger charge is 2.43. The zero-order valence-corrected chi connectivity index (χ0v) is 19.7. The Labute approximate surface area is 200 Å². The van der Waals surface area contributed by atoms with Crippen LogP contribution in [-0.4, -0.2) is 37.0 Å². The quantitative estimate of drug-likeness (QED) is 0.429. The number of methoxy groups -OCH3 is 1. The third-order valence-electron chi connectivity index (χ3n) is 5.75. The molecule has 0 spiro atoms. The Kier molecular flexibility index (Phi) is 6.97. The minimum atomic E-state index is -0.375. The standard InChI is InChI=1S/C28H28N2O4/c1-4-29(19-20-11-7-6-8-12-20)26-25(21-15-17-22(18-16-21)34-5-2)27(31)30(28(26)32)23-13-9-10-14-24(23)33-3/h6-18H,4-5,19H2,1-3H3. The van der Waals surface area contributed by atoms with Crippen molar-refractivity contribution >= 4 is 23.1 Å². The van der Waals surface area contributed by atoms with Crippen molar-refractivity contribution in [1.82, 2.24) is 4.90 Å². The molecule has 0 aliphatic carbocycles. The molecule has 6 heteroatoms. The van der Waals surface area contributed by atoms with E-state index in [4.69, 9.17) is 9.47 Å². The number of anilines is 1. The minimum Gasteiger partial charge on any atom is -0.495 e. The van der Waals surface area contributed by atoms with Crippen LogP contribution in [0.4, 0.5) is 5.69 Å². The van der Waals surface area contributed by atoms with Crippen molar-refractivity contribution < 1.29 is 19.1 Å². The topological polar surface area (TPSA) is 59.1 Å². The molecule has 0 saturated carbocycles. The highest BCUT2D eigenvalue weighted by atomic mass is 16.5. The van der Waals surface area contributed by atoms with E-state index < -0.39 is 0 Å². The van der Waals surface area contributed by atoms with Crippen molar-refractivity contribution in [3.8, 4) is 11.5 Å². The first kappa shape index (κ1) is 23.1. The Morgan fingerprint density at radius 3 is 2.15 bits per heavy atom. The van der Waals surface area contributed by atoms with Crippen LogP contribution in [0.5, 0.6) is 11.5 Å². The minimum absolute atomic E-state index is 0.365. The average Bonchev–Trinajstić information content (AvgIpc) is 3.13. The Balaban J connectivity index is 1.83. The number of rotatable bonds is 9. The number of para-hydroxylation sites is 2. The van der Waals surface area contributed by atoms with E-state index in [0.717, 1.165) is 5.56 Å². The third-order valence-corrected chi connectivity index (χ3v) is 5.75. The summed E-state index contributed by atoms with van der Waals surface area (Å²) in [6.07, 6.45) is 0. The number of carbonyl (C=O) groups is 2. The van der Waals surface area contributed by atoms with Crippen LogP contribution in [0.3, 0.4) is 0 Å². The van der Waals surface area contributed by atoms with Gasteiger partial charge in [-0.2, -0.15) is 0 Å². The van der Waals surface area contributed by atoms with Crippen molar-refractivity contribution in [2.24, 2.45) is 0 Å². The van der Waals surface area contributed by atoms with Crippen molar-refractivity contribution in [3.63, 3.8) is 0 Å². The van der Waals surface area contributed by atoms with Gasteiger partial charge in [-0.15, -0.1) is 0 Å². The molecule has 1 heterocycles. The summed E-state index contributed by atoms with van der Waals surface area (Å²) < 4.78 is 11.0. The number of benzene rings is 3. The molecule has 1 aliphatic rings. The summed E-state index contributed by atoms with van der Waals surface area (Å²) in [6.45, 7) is 5.51. The SMILES string of the molecule is CCOc1ccc(C2=C(N(CC)Cc3ccccc3)C(=O)N(c3ccccc3OC)C2=O)cc1. The first-order valence-electron chi connectivity index (χ1n) is 11.4. The number of hydrogen-bond donors (Lipinski definition) is 0. The van der Waals surface area contributed by atoms with Crippen LogP contribution in [0.25, 0.3) is 5.57 Å². The second-order valence-electron chi connectivity index (χ2n) is 7.80. The first-order valence-corrected chi connectivity index (χ1v) is 11.4. The lowest BCUT2D eigenvalue weighted by molar-refractivity contribution is -0.120. The van der Waals surface area contributed by atoms with Gasteiger partial charge in [-0.1, -0.05) is 54.6 Å². The summed E-state index contributed by atoms with van der Waals surface area (Å²) in [5.74, 6) is 0.433. The molecule has 34 heavy (non-hydrogen) atoms. The van der Waals surface area contributed by atoms with Crippen LogP contribution in [-0.2, 0) is 16.1 Å². The smallest absolute Gasteiger partial charge is 0.282 e. The van der Waals surface area contributed by atoms with Gasteiger partial charge < -0.3 is 14.4 Å². The molecule has 2 amide bonds. The fourth-order valence-corrected chi connectivity index (χ4v) is 4.14. The normalized spacial score (nSPS) is 13.4. The van der Waals surface area contributed by atoms with Crippen LogP contribution in [0.1, 0.15) is 25.0 Å². The van der Waals surface area contributed by atoms with Crippen molar-refractivity contribution in [1.29, 1.82) is 0 Å². The monoisotopic (exact) mass is 456 g/mol. The maximum atomic E-state index is 13.9. The van der Waals surface area contributed by atoms with Crippen LogP contribution < -0.4 is 14.4 Å². The molecule has 0 bridgehead atoms. The molecular weight excluding hydrogens is 428 g/mol. The van der Waals surface area contributed by atoms with Gasteiger partial charge in [0.25, 0.3) is 11.8 Å². The summed E-state index contributed by atoms with van der Waals surface area (Å²) in [4.78, 5) is 30.8. The van der Waals surface area contributed by atoms with E-state index in [2.05, 4.69) is 0 Å². The molecule has 0 N–H and O–H groups in total. The molecule has 0 radical (unpaired) electrons. The van der Waals surface area contributed by atoms with Gasteiger partial charge in [-0.25, -0.2) is 4.90 Å². The molecule has 3 aromatic carbocycles. The van der Waals surface area contributed by atoms with Gasteiger partial charge in [0.05, 0.1) is 25.0 Å². The molecule has 0 saturated heterocycles. The number of ether oxygens (including phenoxy) is 2. The van der Waals surface area contributed by atoms with E-state index >= 15 is 0 Å². The van der Waals surface area contributed by atoms with E-state index in [0.29, 0.717) is 53.7 Å². The Bertz CT molecular complexity index is 1200. The number of carbonyl (C=O) groups excluding carboxylic acids is 2. The van der Waals surface area contributed by atoms with Crippen molar-refractivity contribution in [3.05, 3.63) is 95.7 Å². The highest BCUT2D eigenvalue weighted by molar-refractivity contribution is 6.45. The molecule has 4 rings (SSSR count).